The van der Waals surface area contributed by atoms with Gasteiger partial charge >= 0.3 is 12.0 Å². The van der Waals surface area contributed by atoms with E-state index in [4.69, 9.17) is 27.9 Å². The molecule has 1 heterocycles. The number of carbonyl (C=O) groups excluding carboxylic acids is 3. The predicted octanol–water partition coefficient (Wildman–Crippen LogP) is 3.94. The molecular formula is C20H27Cl2N3O4. The summed E-state index contributed by atoms with van der Waals surface area (Å²) in [4.78, 5) is 39.0. The lowest BCUT2D eigenvalue weighted by Crippen LogP contribution is -2.54. The first kappa shape index (κ1) is 23.3. The number of anilines is 1. The molecule has 1 aliphatic heterocycles. The number of likely N-dealkylation sites (tertiary alicyclic amines) is 1. The molecule has 1 fully saturated rings. The molecule has 1 aromatic rings. The normalized spacial score (nSPS) is 15.7. The van der Waals surface area contributed by atoms with E-state index in [9.17, 15) is 14.4 Å². The van der Waals surface area contributed by atoms with E-state index < -0.39 is 12.1 Å². The fourth-order valence-corrected chi connectivity index (χ4v) is 3.55. The number of ether oxygens (including phenoxy) is 1. The second-order valence-electron chi connectivity index (χ2n) is 7.27. The largest absolute Gasteiger partial charge is 0.466 e. The van der Waals surface area contributed by atoms with Crippen molar-refractivity contribution in [2.45, 2.75) is 39.7 Å². The number of amides is 3. The van der Waals surface area contributed by atoms with Crippen molar-refractivity contribution in [3.63, 3.8) is 0 Å². The quantitative estimate of drug-likeness (QED) is 0.651. The smallest absolute Gasteiger partial charge is 0.319 e. The van der Waals surface area contributed by atoms with Gasteiger partial charge in [-0.05, 0) is 37.8 Å². The number of halogens is 2. The van der Waals surface area contributed by atoms with E-state index in [0.717, 1.165) is 0 Å². The average molecular weight is 444 g/mol. The van der Waals surface area contributed by atoms with Crippen LogP contribution in [-0.4, -0.2) is 48.5 Å². The van der Waals surface area contributed by atoms with Crippen molar-refractivity contribution >= 4 is 46.8 Å². The minimum absolute atomic E-state index is 0.120. The number of hydrogen-bond acceptors (Lipinski definition) is 4. The third-order valence-electron chi connectivity index (χ3n) is 4.85. The Kier molecular flexibility index (Phi) is 8.59. The molecule has 9 heteroatoms. The molecule has 2 rings (SSSR count). The first-order chi connectivity index (χ1) is 13.7. The van der Waals surface area contributed by atoms with Crippen molar-refractivity contribution in [1.82, 2.24) is 10.2 Å². The second-order valence-corrected chi connectivity index (χ2v) is 8.06. The fraction of sp³-hybridized carbons (Fsp3) is 0.550. The van der Waals surface area contributed by atoms with Crippen LogP contribution in [0.1, 0.15) is 33.6 Å². The number of hydrogen-bond donors (Lipinski definition) is 2. The van der Waals surface area contributed by atoms with Crippen molar-refractivity contribution in [2.24, 2.45) is 11.8 Å². The molecule has 160 valence electrons. The summed E-state index contributed by atoms with van der Waals surface area (Å²) in [6, 6.07) is 3.67. The second kappa shape index (κ2) is 10.7. The Morgan fingerprint density at radius 1 is 1.21 bits per heavy atom. The van der Waals surface area contributed by atoms with Crippen LogP contribution in [-0.2, 0) is 14.3 Å². The van der Waals surface area contributed by atoms with Crippen LogP contribution in [0.3, 0.4) is 0 Å². The summed E-state index contributed by atoms with van der Waals surface area (Å²) < 4.78 is 5.06. The van der Waals surface area contributed by atoms with Gasteiger partial charge in [0, 0.05) is 13.1 Å². The monoisotopic (exact) mass is 443 g/mol. The summed E-state index contributed by atoms with van der Waals surface area (Å²) in [5.74, 6) is -0.686. The Balaban J connectivity index is 1.97. The van der Waals surface area contributed by atoms with Crippen molar-refractivity contribution in [3.8, 4) is 0 Å². The Bertz CT molecular complexity index is 749. The molecule has 0 saturated carbocycles. The van der Waals surface area contributed by atoms with Crippen LogP contribution in [0.4, 0.5) is 10.5 Å². The van der Waals surface area contributed by atoms with Gasteiger partial charge in [-0.1, -0.05) is 43.1 Å². The Morgan fingerprint density at radius 3 is 2.45 bits per heavy atom. The number of rotatable bonds is 6. The average Bonchev–Trinajstić information content (AvgIpc) is 2.69. The van der Waals surface area contributed by atoms with Crippen molar-refractivity contribution in [1.29, 1.82) is 0 Å². The Hall–Kier alpha value is -1.99. The third kappa shape index (κ3) is 6.24. The minimum Gasteiger partial charge on any atom is -0.466 e. The molecule has 1 aromatic carbocycles. The third-order valence-corrected chi connectivity index (χ3v) is 5.66. The lowest BCUT2D eigenvalue weighted by molar-refractivity contribution is -0.151. The highest BCUT2D eigenvalue weighted by molar-refractivity contribution is 6.43. The van der Waals surface area contributed by atoms with Gasteiger partial charge in [-0.25, -0.2) is 4.79 Å². The highest BCUT2D eigenvalue weighted by Crippen LogP contribution is 2.29. The van der Waals surface area contributed by atoms with E-state index in [1.807, 2.05) is 13.8 Å². The van der Waals surface area contributed by atoms with E-state index in [-0.39, 0.29) is 28.7 Å². The van der Waals surface area contributed by atoms with Gasteiger partial charge in [0.05, 0.1) is 28.3 Å². The number of benzene rings is 1. The zero-order valence-corrected chi connectivity index (χ0v) is 18.3. The lowest BCUT2D eigenvalue weighted by Gasteiger charge is -2.34. The number of piperidine rings is 1. The lowest BCUT2D eigenvalue weighted by atomic mass is 9.95. The van der Waals surface area contributed by atoms with Crippen molar-refractivity contribution in [3.05, 3.63) is 28.2 Å². The summed E-state index contributed by atoms with van der Waals surface area (Å²) in [5, 5.41) is 5.92. The molecule has 1 aliphatic rings. The van der Waals surface area contributed by atoms with Crippen molar-refractivity contribution < 1.29 is 19.1 Å². The van der Waals surface area contributed by atoms with Crippen LogP contribution < -0.4 is 10.6 Å². The maximum atomic E-state index is 13.0. The molecule has 2 N–H and O–H groups in total. The predicted molar refractivity (Wildman–Crippen MR) is 113 cm³/mol. The van der Waals surface area contributed by atoms with E-state index in [0.29, 0.717) is 43.2 Å². The molecule has 1 atom stereocenters. The first-order valence-electron chi connectivity index (χ1n) is 9.71. The highest BCUT2D eigenvalue weighted by atomic mass is 35.5. The molecule has 3 amide bonds. The summed E-state index contributed by atoms with van der Waals surface area (Å²) in [7, 11) is 0. The summed E-state index contributed by atoms with van der Waals surface area (Å²) >= 11 is 12.1. The first-order valence-corrected chi connectivity index (χ1v) is 10.5. The molecule has 0 spiro atoms. The summed E-state index contributed by atoms with van der Waals surface area (Å²) in [5.41, 5.74) is 0.363. The fourth-order valence-electron chi connectivity index (χ4n) is 3.21. The van der Waals surface area contributed by atoms with E-state index in [1.165, 1.54) is 0 Å². The summed E-state index contributed by atoms with van der Waals surface area (Å²) in [6.07, 6.45) is 1.11. The highest BCUT2D eigenvalue weighted by Gasteiger charge is 2.33. The molecule has 1 saturated heterocycles. The molecule has 29 heavy (non-hydrogen) atoms. The molecule has 0 aromatic heterocycles. The zero-order valence-electron chi connectivity index (χ0n) is 16.8. The van der Waals surface area contributed by atoms with Crippen LogP contribution in [0.15, 0.2) is 18.2 Å². The number of esters is 1. The van der Waals surface area contributed by atoms with Gasteiger partial charge in [0.2, 0.25) is 5.91 Å². The SMILES string of the molecule is CCOC(=O)C1CCN(C(=O)C(NC(=O)Nc2cccc(Cl)c2Cl)C(C)C)CC1. The van der Waals surface area contributed by atoms with Crippen LogP contribution in [0, 0.1) is 11.8 Å². The maximum absolute atomic E-state index is 13.0. The number of nitrogens with one attached hydrogen (secondary N) is 2. The van der Waals surface area contributed by atoms with Crippen molar-refractivity contribution in [2.75, 3.05) is 25.0 Å². The molecule has 0 aliphatic carbocycles. The van der Waals surface area contributed by atoms with Crippen LogP contribution in [0.2, 0.25) is 10.0 Å². The standard InChI is InChI=1S/C20H27Cl2N3O4/c1-4-29-19(27)13-8-10-25(11-9-13)18(26)17(12(2)3)24-20(28)23-15-7-5-6-14(21)16(15)22/h5-7,12-13,17H,4,8-11H2,1-3H3,(H2,23,24,28). The molecule has 1 unspecified atom stereocenters. The minimum atomic E-state index is -0.702. The molecular weight excluding hydrogens is 417 g/mol. The van der Waals surface area contributed by atoms with Gasteiger partial charge in [0.1, 0.15) is 6.04 Å². The van der Waals surface area contributed by atoms with Crippen LogP contribution in [0.5, 0.6) is 0 Å². The maximum Gasteiger partial charge on any atom is 0.319 e. The van der Waals surface area contributed by atoms with E-state index in [2.05, 4.69) is 10.6 Å². The molecule has 0 bridgehead atoms. The summed E-state index contributed by atoms with van der Waals surface area (Å²) in [6.45, 7) is 6.76. The van der Waals surface area contributed by atoms with Gasteiger partial charge in [-0.3, -0.25) is 9.59 Å². The molecule has 0 radical (unpaired) electrons. The van der Waals surface area contributed by atoms with E-state index >= 15 is 0 Å². The van der Waals surface area contributed by atoms with Crippen LogP contribution in [0.25, 0.3) is 0 Å². The van der Waals surface area contributed by atoms with Gasteiger partial charge in [0.15, 0.2) is 0 Å². The number of urea groups is 1. The molecule has 7 nitrogen and oxygen atoms in total. The topological polar surface area (TPSA) is 87.7 Å². The Labute approximate surface area is 181 Å². The van der Waals surface area contributed by atoms with Gasteiger partial charge in [0.25, 0.3) is 0 Å². The zero-order chi connectivity index (χ0) is 21.6. The van der Waals surface area contributed by atoms with Gasteiger partial charge in [-0.15, -0.1) is 0 Å². The van der Waals surface area contributed by atoms with Gasteiger partial charge < -0.3 is 20.3 Å². The van der Waals surface area contributed by atoms with Crippen LogP contribution >= 0.6 is 23.2 Å². The van der Waals surface area contributed by atoms with E-state index in [1.54, 1.807) is 30.0 Å². The Morgan fingerprint density at radius 2 is 1.86 bits per heavy atom. The number of carbonyl (C=O) groups is 3. The number of nitrogens with zero attached hydrogens (tertiary/aromatic N) is 1. The van der Waals surface area contributed by atoms with Gasteiger partial charge in [-0.2, -0.15) is 0 Å².